The van der Waals surface area contributed by atoms with Gasteiger partial charge in [0.1, 0.15) is 18.1 Å². The van der Waals surface area contributed by atoms with E-state index < -0.39 is 5.91 Å². The average molecular weight is 412 g/mol. The lowest BCUT2D eigenvalue weighted by atomic mass is 10.2. The molecule has 1 amide bonds. The van der Waals surface area contributed by atoms with E-state index in [1.165, 1.54) is 11.3 Å². The molecule has 28 heavy (non-hydrogen) atoms. The van der Waals surface area contributed by atoms with E-state index >= 15 is 0 Å². The predicted octanol–water partition coefficient (Wildman–Crippen LogP) is 5.28. The van der Waals surface area contributed by atoms with Crippen LogP contribution in [0.2, 0.25) is 5.02 Å². The molecule has 0 atom stereocenters. The van der Waals surface area contributed by atoms with Crippen LogP contribution in [-0.2, 0) is 6.61 Å². The summed E-state index contributed by atoms with van der Waals surface area (Å²) in [7, 11) is 0. The van der Waals surface area contributed by atoms with Gasteiger partial charge in [-0.3, -0.25) is 10.1 Å². The molecule has 140 valence electrons. The van der Waals surface area contributed by atoms with Gasteiger partial charge in [-0.25, -0.2) is 0 Å². The third kappa shape index (κ3) is 4.21. The summed E-state index contributed by atoms with van der Waals surface area (Å²) < 4.78 is 11.3. The number of carbonyl (C=O) groups excluding carboxylic acids is 1. The molecule has 4 rings (SSSR count). The van der Waals surface area contributed by atoms with Gasteiger partial charge in [-0.1, -0.05) is 53.3 Å². The van der Waals surface area contributed by atoms with Crippen LogP contribution in [0.25, 0.3) is 11.3 Å². The SMILES string of the molecule is O=C(Nc1nnc(COc2ccccc2)s1)c1ccc(-c2ccccc2Cl)o1. The Labute approximate surface area is 169 Å². The van der Waals surface area contributed by atoms with Crippen LogP contribution < -0.4 is 10.1 Å². The number of hydrogen-bond donors (Lipinski definition) is 1. The Morgan fingerprint density at radius 3 is 2.64 bits per heavy atom. The van der Waals surface area contributed by atoms with E-state index in [0.717, 1.165) is 11.3 Å². The van der Waals surface area contributed by atoms with Crippen molar-refractivity contribution in [1.82, 2.24) is 10.2 Å². The number of para-hydroxylation sites is 1. The third-order valence-electron chi connectivity index (χ3n) is 3.76. The Balaban J connectivity index is 1.39. The van der Waals surface area contributed by atoms with Crippen molar-refractivity contribution in [2.75, 3.05) is 5.32 Å². The zero-order valence-corrected chi connectivity index (χ0v) is 16.0. The highest BCUT2D eigenvalue weighted by molar-refractivity contribution is 7.15. The summed E-state index contributed by atoms with van der Waals surface area (Å²) in [5.41, 5.74) is 0.722. The van der Waals surface area contributed by atoms with Crippen molar-refractivity contribution in [3.63, 3.8) is 0 Å². The van der Waals surface area contributed by atoms with E-state index in [9.17, 15) is 4.79 Å². The first kappa shape index (κ1) is 18.2. The molecule has 0 saturated carbocycles. The zero-order valence-electron chi connectivity index (χ0n) is 14.5. The number of nitrogens with one attached hydrogen (secondary N) is 1. The number of anilines is 1. The lowest BCUT2D eigenvalue weighted by molar-refractivity contribution is 0.0997. The zero-order chi connectivity index (χ0) is 19.3. The van der Waals surface area contributed by atoms with Crippen LogP contribution in [0, 0.1) is 0 Å². The molecule has 6 nitrogen and oxygen atoms in total. The van der Waals surface area contributed by atoms with E-state index in [2.05, 4.69) is 15.5 Å². The maximum Gasteiger partial charge on any atom is 0.293 e. The summed E-state index contributed by atoms with van der Waals surface area (Å²) in [4.78, 5) is 12.4. The Hall–Kier alpha value is -3.16. The Kier molecular flexibility index (Phi) is 5.36. The number of nitrogens with zero attached hydrogens (tertiary/aromatic N) is 2. The minimum absolute atomic E-state index is 0.159. The number of amides is 1. The molecule has 2 aromatic carbocycles. The van der Waals surface area contributed by atoms with Gasteiger partial charge in [0.05, 0.1) is 5.02 Å². The highest BCUT2D eigenvalue weighted by Crippen LogP contribution is 2.29. The summed E-state index contributed by atoms with van der Waals surface area (Å²) in [6.45, 7) is 0.273. The number of ether oxygens (including phenoxy) is 1. The van der Waals surface area contributed by atoms with Gasteiger partial charge < -0.3 is 9.15 Å². The number of halogens is 1. The predicted molar refractivity (Wildman–Crippen MR) is 108 cm³/mol. The molecule has 2 heterocycles. The van der Waals surface area contributed by atoms with Gasteiger partial charge >= 0.3 is 0 Å². The van der Waals surface area contributed by atoms with Crippen LogP contribution in [0.1, 0.15) is 15.6 Å². The van der Waals surface area contributed by atoms with E-state index in [-0.39, 0.29) is 12.4 Å². The maximum atomic E-state index is 12.4. The number of furan rings is 1. The molecular formula is C20H14ClN3O3S. The van der Waals surface area contributed by atoms with Gasteiger partial charge in [0.15, 0.2) is 10.8 Å². The molecule has 0 saturated heterocycles. The molecule has 2 aromatic heterocycles. The van der Waals surface area contributed by atoms with E-state index in [0.29, 0.717) is 20.9 Å². The smallest absolute Gasteiger partial charge is 0.293 e. The fraction of sp³-hybridized carbons (Fsp3) is 0.0500. The largest absolute Gasteiger partial charge is 0.486 e. The molecule has 0 spiro atoms. The summed E-state index contributed by atoms with van der Waals surface area (Å²) >= 11 is 7.40. The first-order valence-corrected chi connectivity index (χ1v) is 9.55. The molecular weight excluding hydrogens is 398 g/mol. The topological polar surface area (TPSA) is 77.2 Å². The summed E-state index contributed by atoms with van der Waals surface area (Å²) in [6, 6.07) is 20.0. The summed E-state index contributed by atoms with van der Waals surface area (Å²) in [6.07, 6.45) is 0. The number of aromatic nitrogens is 2. The molecule has 0 aliphatic rings. The second-order valence-electron chi connectivity index (χ2n) is 5.70. The fourth-order valence-electron chi connectivity index (χ4n) is 2.45. The number of carbonyl (C=O) groups is 1. The highest BCUT2D eigenvalue weighted by Gasteiger charge is 2.16. The van der Waals surface area contributed by atoms with Crippen molar-refractivity contribution in [2.24, 2.45) is 0 Å². The maximum absolute atomic E-state index is 12.4. The second kappa shape index (κ2) is 8.24. The number of benzene rings is 2. The van der Waals surface area contributed by atoms with Crippen LogP contribution in [0.15, 0.2) is 71.1 Å². The van der Waals surface area contributed by atoms with Gasteiger partial charge in [0, 0.05) is 5.56 Å². The highest BCUT2D eigenvalue weighted by atomic mass is 35.5. The van der Waals surface area contributed by atoms with Crippen LogP contribution in [-0.4, -0.2) is 16.1 Å². The van der Waals surface area contributed by atoms with E-state index in [4.69, 9.17) is 20.8 Å². The molecule has 0 radical (unpaired) electrons. The molecule has 8 heteroatoms. The molecule has 0 bridgehead atoms. The fourth-order valence-corrected chi connectivity index (χ4v) is 3.33. The van der Waals surface area contributed by atoms with E-state index in [1.807, 2.05) is 48.5 Å². The Bertz CT molecular complexity index is 1090. The van der Waals surface area contributed by atoms with Crippen LogP contribution >= 0.6 is 22.9 Å². The van der Waals surface area contributed by atoms with Gasteiger partial charge in [-0.15, -0.1) is 10.2 Å². The Morgan fingerprint density at radius 1 is 1.04 bits per heavy atom. The van der Waals surface area contributed by atoms with Crippen molar-refractivity contribution < 1.29 is 13.9 Å². The lowest BCUT2D eigenvalue weighted by Gasteiger charge is -2.02. The van der Waals surface area contributed by atoms with Gasteiger partial charge in [0.2, 0.25) is 5.13 Å². The summed E-state index contributed by atoms with van der Waals surface area (Å²) in [5, 5.41) is 12.2. The number of hydrogen-bond acceptors (Lipinski definition) is 6. The lowest BCUT2D eigenvalue weighted by Crippen LogP contribution is -2.10. The number of rotatable bonds is 6. The summed E-state index contributed by atoms with van der Waals surface area (Å²) in [5.74, 6) is 1.01. The van der Waals surface area contributed by atoms with Crippen molar-refractivity contribution in [3.8, 4) is 17.1 Å². The molecule has 1 N–H and O–H groups in total. The third-order valence-corrected chi connectivity index (χ3v) is 4.90. The normalized spacial score (nSPS) is 10.6. The van der Waals surface area contributed by atoms with Crippen molar-refractivity contribution >= 4 is 34.0 Å². The monoisotopic (exact) mass is 411 g/mol. The first-order valence-electron chi connectivity index (χ1n) is 8.35. The van der Waals surface area contributed by atoms with Crippen molar-refractivity contribution in [2.45, 2.75) is 6.61 Å². The minimum atomic E-state index is -0.412. The first-order chi connectivity index (χ1) is 13.7. The minimum Gasteiger partial charge on any atom is -0.486 e. The van der Waals surface area contributed by atoms with Crippen LogP contribution in [0.5, 0.6) is 5.75 Å². The molecule has 0 unspecified atom stereocenters. The standard InChI is InChI=1S/C20H14ClN3O3S/c21-15-9-5-4-8-14(15)16-10-11-17(27-16)19(25)22-20-24-23-18(28-20)12-26-13-6-2-1-3-7-13/h1-11H,12H2,(H,22,24,25). The molecule has 4 aromatic rings. The molecule has 0 aliphatic carbocycles. The average Bonchev–Trinajstić information content (AvgIpc) is 3.37. The van der Waals surface area contributed by atoms with Crippen LogP contribution in [0.3, 0.4) is 0 Å². The Morgan fingerprint density at radius 2 is 1.82 bits per heavy atom. The molecule has 0 fully saturated rings. The second-order valence-corrected chi connectivity index (χ2v) is 7.17. The van der Waals surface area contributed by atoms with E-state index in [1.54, 1.807) is 18.2 Å². The van der Waals surface area contributed by atoms with Gasteiger partial charge in [-0.05, 0) is 36.4 Å². The molecule has 0 aliphatic heterocycles. The van der Waals surface area contributed by atoms with Crippen molar-refractivity contribution in [1.29, 1.82) is 0 Å². The quantitative estimate of drug-likeness (QED) is 0.467. The van der Waals surface area contributed by atoms with Gasteiger partial charge in [0.25, 0.3) is 5.91 Å². The van der Waals surface area contributed by atoms with Gasteiger partial charge in [-0.2, -0.15) is 0 Å². The van der Waals surface area contributed by atoms with Crippen LogP contribution in [0.4, 0.5) is 5.13 Å². The van der Waals surface area contributed by atoms with Crippen molar-refractivity contribution in [3.05, 3.63) is 82.5 Å².